The fourth-order valence-electron chi connectivity index (χ4n) is 1.04. The quantitative estimate of drug-likeness (QED) is 0.797. The van der Waals surface area contributed by atoms with Crippen molar-refractivity contribution in [1.82, 2.24) is 4.98 Å². The van der Waals surface area contributed by atoms with Gasteiger partial charge < -0.3 is 9.47 Å². The fraction of sp³-hybridized carbons (Fsp3) is 0.500. The van der Waals surface area contributed by atoms with Gasteiger partial charge in [-0.2, -0.15) is 0 Å². The number of amides is 1. The molecule has 6 nitrogen and oxygen atoms in total. The lowest BCUT2D eigenvalue weighted by atomic mass is 10.2. The van der Waals surface area contributed by atoms with Gasteiger partial charge in [-0.3, -0.25) is 9.69 Å². The van der Waals surface area contributed by atoms with Crippen LogP contribution < -0.4 is 4.90 Å². The molecule has 0 N–H and O–H groups in total. The Kier molecular flexibility index (Phi) is 7.96. The summed E-state index contributed by atoms with van der Waals surface area (Å²) in [5.74, 6) is 0.576. The summed E-state index contributed by atoms with van der Waals surface area (Å²) < 4.78 is 9.35. The van der Waals surface area contributed by atoms with E-state index in [0.29, 0.717) is 18.9 Å². The summed E-state index contributed by atoms with van der Waals surface area (Å²) in [6.07, 6.45) is 1.23. The number of anilines is 1. The third-order valence-electron chi connectivity index (χ3n) is 1.89. The van der Waals surface area contributed by atoms with Crippen molar-refractivity contribution >= 4 is 18.4 Å². The Labute approximate surface area is 119 Å². The van der Waals surface area contributed by atoms with Crippen LogP contribution in [0.5, 0.6) is 0 Å². The number of pyridine rings is 1. The van der Waals surface area contributed by atoms with Gasteiger partial charge in [0.1, 0.15) is 11.4 Å². The highest BCUT2D eigenvalue weighted by molar-refractivity contribution is 5.85. The number of carbonyl (C=O) groups excluding carboxylic acids is 2. The maximum Gasteiger partial charge on any atom is 0.415 e. The first-order chi connectivity index (χ1) is 9.31. The van der Waals surface area contributed by atoms with Crippen LogP contribution in [0.3, 0.4) is 0 Å². The minimum absolute atomic E-state index is 0.402. The zero-order valence-electron chi connectivity index (χ0n) is 12.6. The van der Waals surface area contributed by atoms with Crippen LogP contribution in [0.15, 0.2) is 24.4 Å². The molecule has 1 amide bonds. The first-order valence-corrected chi connectivity index (χ1v) is 6.24. The molecule has 20 heavy (non-hydrogen) atoms. The predicted molar refractivity (Wildman–Crippen MR) is 76.6 cm³/mol. The molecule has 1 aromatic heterocycles. The molecule has 1 rings (SSSR count). The van der Waals surface area contributed by atoms with E-state index >= 15 is 0 Å². The minimum atomic E-state index is -0.486. The van der Waals surface area contributed by atoms with Crippen molar-refractivity contribution in [3.63, 3.8) is 0 Å². The van der Waals surface area contributed by atoms with Gasteiger partial charge in [-0.25, -0.2) is 9.78 Å². The van der Waals surface area contributed by atoms with Crippen molar-refractivity contribution < 1.29 is 19.1 Å². The van der Waals surface area contributed by atoms with Crippen LogP contribution in [0, 0.1) is 0 Å². The van der Waals surface area contributed by atoms with Gasteiger partial charge in [0.15, 0.2) is 0 Å². The molecule has 1 heterocycles. The van der Waals surface area contributed by atoms with E-state index in [0.717, 1.165) is 0 Å². The van der Waals surface area contributed by atoms with E-state index in [-0.39, 0.29) is 0 Å². The van der Waals surface area contributed by atoms with Crippen molar-refractivity contribution in [3.05, 3.63) is 24.4 Å². The number of hydrogen-bond acceptors (Lipinski definition) is 5. The van der Waals surface area contributed by atoms with Crippen molar-refractivity contribution in [2.24, 2.45) is 0 Å². The molecular formula is C14H22N2O4. The molecule has 1 aromatic rings. The van der Waals surface area contributed by atoms with E-state index < -0.39 is 11.7 Å². The van der Waals surface area contributed by atoms with Gasteiger partial charge in [0.2, 0.25) is 0 Å². The molecule has 0 aliphatic carbocycles. The number of hydrogen-bond donors (Lipinski definition) is 0. The zero-order valence-corrected chi connectivity index (χ0v) is 12.6. The van der Waals surface area contributed by atoms with Gasteiger partial charge >= 0.3 is 6.09 Å². The highest BCUT2D eigenvalue weighted by Crippen LogP contribution is 2.13. The molecule has 0 saturated heterocycles. The Morgan fingerprint density at radius 3 is 2.40 bits per heavy atom. The molecular weight excluding hydrogens is 260 g/mol. The van der Waals surface area contributed by atoms with Gasteiger partial charge in [0.25, 0.3) is 6.47 Å². The maximum absolute atomic E-state index is 11.6. The van der Waals surface area contributed by atoms with Crippen LogP contribution in [-0.4, -0.2) is 36.8 Å². The third-order valence-corrected chi connectivity index (χ3v) is 1.89. The highest BCUT2D eigenvalue weighted by Gasteiger charge is 2.20. The van der Waals surface area contributed by atoms with E-state index in [4.69, 9.17) is 4.74 Å². The SMILES string of the molecule is CCOC=O.CN(C(=O)OC(C)(C)C)c1ccccn1. The smallest absolute Gasteiger partial charge is 0.415 e. The van der Waals surface area contributed by atoms with Gasteiger partial charge in [0.05, 0.1) is 6.61 Å². The second-order valence-electron chi connectivity index (χ2n) is 4.78. The number of aromatic nitrogens is 1. The molecule has 0 saturated carbocycles. The second-order valence-corrected chi connectivity index (χ2v) is 4.78. The predicted octanol–water partition coefficient (Wildman–Crippen LogP) is 2.63. The number of rotatable bonds is 3. The average Bonchev–Trinajstić information content (AvgIpc) is 2.38. The molecule has 112 valence electrons. The molecule has 0 radical (unpaired) electrons. The van der Waals surface area contributed by atoms with E-state index in [2.05, 4.69) is 9.72 Å². The standard InChI is InChI=1S/C11H16N2O2.C3H6O2/c1-11(2,3)15-10(14)13(4)9-7-5-6-8-12-9;1-2-5-3-4/h5-8H,1-4H3;3H,2H2,1H3. The van der Waals surface area contributed by atoms with E-state index in [1.165, 1.54) is 4.90 Å². The minimum Gasteiger partial charge on any atom is -0.468 e. The summed E-state index contributed by atoms with van der Waals surface area (Å²) in [5, 5.41) is 0. The number of nitrogens with zero attached hydrogens (tertiary/aromatic N) is 2. The first kappa shape index (κ1) is 17.9. The van der Waals surface area contributed by atoms with Gasteiger partial charge in [-0.1, -0.05) is 6.07 Å². The van der Waals surface area contributed by atoms with Crippen LogP contribution in [0.4, 0.5) is 10.6 Å². The number of ether oxygens (including phenoxy) is 2. The zero-order chi connectivity index (χ0) is 15.6. The topological polar surface area (TPSA) is 68.7 Å². The second kappa shape index (κ2) is 8.90. The first-order valence-electron chi connectivity index (χ1n) is 6.24. The van der Waals surface area contributed by atoms with Crippen LogP contribution in [0.1, 0.15) is 27.7 Å². The Morgan fingerprint density at radius 1 is 1.40 bits per heavy atom. The van der Waals surface area contributed by atoms with Gasteiger partial charge in [0, 0.05) is 13.2 Å². The van der Waals surface area contributed by atoms with Gasteiger partial charge in [-0.15, -0.1) is 0 Å². The molecule has 0 aliphatic rings. The lowest BCUT2D eigenvalue weighted by Crippen LogP contribution is -2.34. The van der Waals surface area contributed by atoms with Gasteiger partial charge in [-0.05, 0) is 39.8 Å². The van der Waals surface area contributed by atoms with Crippen molar-refractivity contribution in [2.75, 3.05) is 18.6 Å². The number of carbonyl (C=O) groups is 2. The monoisotopic (exact) mass is 282 g/mol. The third kappa shape index (κ3) is 8.07. The largest absolute Gasteiger partial charge is 0.468 e. The summed E-state index contributed by atoms with van der Waals surface area (Å²) in [6.45, 7) is 8.16. The summed E-state index contributed by atoms with van der Waals surface area (Å²) in [5.41, 5.74) is -0.486. The normalized spacial score (nSPS) is 9.85. The molecule has 0 aromatic carbocycles. The van der Waals surface area contributed by atoms with Crippen LogP contribution >= 0.6 is 0 Å². The molecule has 0 unspecified atom stereocenters. The van der Waals surface area contributed by atoms with Crippen molar-refractivity contribution in [2.45, 2.75) is 33.3 Å². The van der Waals surface area contributed by atoms with E-state index in [1.54, 1.807) is 32.3 Å². The Hall–Kier alpha value is -2.11. The molecule has 0 spiro atoms. The average molecular weight is 282 g/mol. The lowest BCUT2D eigenvalue weighted by molar-refractivity contribution is -0.128. The highest BCUT2D eigenvalue weighted by atomic mass is 16.6. The summed E-state index contributed by atoms with van der Waals surface area (Å²) in [7, 11) is 1.64. The Balaban J connectivity index is 0.000000621. The van der Waals surface area contributed by atoms with Crippen LogP contribution in [-0.2, 0) is 14.3 Å². The summed E-state index contributed by atoms with van der Waals surface area (Å²) in [6, 6.07) is 5.37. The molecule has 0 bridgehead atoms. The Bertz CT molecular complexity index is 401. The van der Waals surface area contributed by atoms with Crippen LogP contribution in [0.2, 0.25) is 0 Å². The fourth-order valence-corrected chi connectivity index (χ4v) is 1.04. The van der Waals surface area contributed by atoms with Crippen LogP contribution in [0.25, 0.3) is 0 Å². The summed E-state index contributed by atoms with van der Waals surface area (Å²) >= 11 is 0. The molecule has 0 aliphatic heterocycles. The van der Waals surface area contributed by atoms with E-state index in [9.17, 15) is 9.59 Å². The molecule has 6 heteroatoms. The lowest BCUT2D eigenvalue weighted by Gasteiger charge is -2.23. The molecule has 0 atom stereocenters. The van der Waals surface area contributed by atoms with Crippen molar-refractivity contribution in [3.8, 4) is 0 Å². The van der Waals surface area contributed by atoms with Crippen molar-refractivity contribution in [1.29, 1.82) is 0 Å². The van der Waals surface area contributed by atoms with E-state index in [1.807, 2.05) is 26.8 Å². The maximum atomic E-state index is 11.6. The molecule has 0 fully saturated rings. The summed E-state index contributed by atoms with van der Waals surface area (Å²) in [4.78, 5) is 26.2. The Morgan fingerprint density at radius 2 is 2.05 bits per heavy atom.